The van der Waals surface area contributed by atoms with Gasteiger partial charge in [0.25, 0.3) is 11.8 Å². The number of ether oxygens (including phenoxy) is 1. The fourth-order valence-corrected chi connectivity index (χ4v) is 4.30. The van der Waals surface area contributed by atoms with Gasteiger partial charge >= 0.3 is 0 Å². The maximum atomic E-state index is 13.2. The number of H-pyrrole nitrogens is 1. The van der Waals surface area contributed by atoms with Crippen LogP contribution in [-0.4, -0.2) is 53.4 Å². The first-order chi connectivity index (χ1) is 14.7. The molecule has 0 spiro atoms. The lowest BCUT2D eigenvalue weighted by atomic mass is 10.1. The Bertz CT molecular complexity index is 1090. The van der Waals surface area contributed by atoms with Gasteiger partial charge in [0.1, 0.15) is 11.4 Å². The van der Waals surface area contributed by atoms with Crippen molar-refractivity contribution in [3.05, 3.63) is 71.6 Å². The average Bonchev–Trinajstić information content (AvgIpc) is 3.21. The molecule has 4 rings (SSSR count). The predicted octanol–water partition coefficient (Wildman–Crippen LogP) is 3.52. The van der Waals surface area contributed by atoms with Crippen LogP contribution in [0.1, 0.15) is 15.9 Å². The first-order valence-corrected chi connectivity index (χ1v) is 10.9. The van der Waals surface area contributed by atoms with E-state index in [4.69, 9.17) is 4.74 Å². The molecule has 0 unspecified atom stereocenters. The van der Waals surface area contributed by atoms with Crippen LogP contribution in [0.25, 0.3) is 17.0 Å². The van der Waals surface area contributed by atoms with Crippen LogP contribution in [-0.2, 0) is 4.79 Å². The molecule has 3 aromatic rings. The molecule has 30 heavy (non-hydrogen) atoms. The first kappa shape index (κ1) is 20.1. The molecule has 2 heterocycles. The molecule has 2 amide bonds. The summed E-state index contributed by atoms with van der Waals surface area (Å²) in [5.74, 6) is 2.05. The third kappa shape index (κ3) is 4.36. The highest BCUT2D eigenvalue weighted by molar-refractivity contribution is 7.99. The van der Waals surface area contributed by atoms with Gasteiger partial charge in [-0.1, -0.05) is 18.2 Å². The van der Waals surface area contributed by atoms with E-state index in [0.717, 1.165) is 33.7 Å². The number of hydrogen-bond acceptors (Lipinski definition) is 4. The van der Waals surface area contributed by atoms with E-state index in [1.54, 1.807) is 42.4 Å². The van der Waals surface area contributed by atoms with Crippen LogP contribution in [0.2, 0.25) is 0 Å². The van der Waals surface area contributed by atoms with E-state index >= 15 is 0 Å². The second kappa shape index (κ2) is 9.09. The summed E-state index contributed by atoms with van der Waals surface area (Å²) in [5, 5.41) is 3.76. The van der Waals surface area contributed by atoms with Crippen LogP contribution in [0.4, 0.5) is 0 Å². The smallest absolute Gasteiger partial charge is 0.270 e. The van der Waals surface area contributed by atoms with E-state index in [-0.39, 0.29) is 17.5 Å². The quantitative estimate of drug-likeness (QED) is 0.618. The van der Waals surface area contributed by atoms with Gasteiger partial charge in [-0.05, 0) is 36.4 Å². The topological polar surface area (TPSA) is 74.4 Å². The third-order valence-electron chi connectivity index (χ3n) is 5.03. The molecule has 154 valence electrons. The number of nitrogens with zero attached hydrogens (tertiary/aromatic N) is 1. The summed E-state index contributed by atoms with van der Waals surface area (Å²) < 4.78 is 5.33. The normalized spacial score (nSPS) is 14.6. The average molecular weight is 422 g/mol. The Hall–Kier alpha value is -3.19. The summed E-state index contributed by atoms with van der Waals surface area (Å²) in [5.41, 5.74) is 2.51. The number of hydrogen-bond donors (Lipinski definition) is 2. The van der Waals surface area contributed by atoms with Crippen LogP contribution in [0, 0.1) is 0 Å². The fraction of sp³-hybridized carbons (Fsp3) is 0.217. The first-order valence-electron chi connectivity index (χ1n) is 9.76. The summed E-state index contributed by atoms with van der Waals surface area (Å²) in [6.07, 6.45) is 3.57. The monoisotopic (exact) mass is 421 g/mol. The molecule has 0 aliphatic carbocycles. The summed E-state index contributed by atoms with van der Waals surface area (Å²) in [6.45, 7) is 1.34. The third-order valence-corrected chi connectivity index (χ3v) is 5.98. The van der Waals surface area contributed by atoms with Gasteiger partial charge in [-0.25, -0.2) is 0 Å². The van der Waals surface area contributed by atoms with Crippen molar-refractivity contribution in [3.63, 3.8) is 0 Å². The highest BCUT2D eigenvalue weighted by atomic mass is 32.2. The van der Waals surface area contributed by atoms with Gasteiger partial charge in [0, 0.05) is 52.8 Å². The Labute approximate surface area is 179 Å². The number of fused-ring (bicyclic) bond motifs is 1. The number of methoxy groups -OCH3 is 1. The van der Waals surface area contributed by atoms with E-state index in [2.05, 4.69) is 10.3 Å². The zero-order valence-electron chi connectivity index (χ0n) is 16.7. The summed E-state index contributed by atoms with van der Waals surface area (Å²) in [4.78, 5) is 31.0. The number of aromatic amines is 1. The van der Waals surface area contributed by atoms with Crippen LogP contribution >= 0.6 is 11.8 Å². The summed E-state index contributed by atoms with van der Waals surface area (Å²) >= 11 is 1.83. The number of nitrogens with one attached hydrogen (secondary N) is 2. The number of amides is 2. The van der Waals surface area contributed by atoms with Gasteiger partial charge in [0.05, 0.1) is 7.11 Å². The Kier molecular flexibility index (Phi) is 6.09. The number of rotatable bonds is 5. The van der Waals surface area contributed by atoms with Gasteiger partial charge < -0.3 is 19.9 Å². The van der Waals surface area contributed by atoms with Crippen molar-refractivity contribution in [1.29, 1.82) is 0 Å². The lowest BCUT2D eigenvalue weighted by Crippen LogP contribution is -2.42. The maximum Gasteiger partial charge on any atom is 0.270 e. The van der Waals surface area contributed by atoms with Crippen molar-refractivity contribution >= 4 is 40.6 Å². The minimum Gasteiger partial charge on any atom is -0.497 e. The molecule has 0 atom stereocenters. The van der Waals surface area contributed by atoms with Gasteiger partial charge in [0.2, 0.25) is 0 Å². The molecule has 1 saturated heterocycles. The van der Waals surface area contributed by atoms with Crippen molar-refractivity contribution in [2.24, 2.45) is 0 Å². The highest BCUT2D eigenvalue weighted by Crippen LogP contribution is 2.25. The summed E-state index contributed by atoms with van der Waals surface area (Å²) in [7, 11) is 1.62. The predicted molar refractivity (Wildman–Crippen MR) is 121 cm³/mol. The number of carbonyl (C=O) groups is 2. The van der Waals surface area contributed by atoms with Gasteiger partial charge in [-0.15, -0.1) is 0 Å². The van der Waals surface area contributed by atoms with Crippen molar-refractivity contribution in [2.75, 3.05) is 31.7 Å². The van der Waals surface area contributed by atoms with Crippen LogP contribution in [0.15, 0.2) is 60.4 Å². The van der Waals surface area contributed by atoms with Crippen LogP contribution in [0.3, 0.4) is 0 Å². The van der Waals surface area contributed by atoms with E-state index < -0.39 is 0 Å². The molecule has 7 heteroatoms. The molecule has 2 N–H and O–H groups in total. The Morgan fingerprint density at radius 3 is 2.63 bits per heavy atom. The Morgan fingerprint density at radius 1 is 1.13 bits per heavy atom. The Balaban J connectivity index is 1.70. The number of aromatic nitrogens is 1. The SMILES string of the molecule is COc1ccc2[nH]cc(C=C(NC(=O)c3ccccc3)C(=O)N3CCSCC3)c2c1. The molecular formula is C23H23N3O3S. The van der Waals surface area contributed by atoms with E-state index in [1.165, 1.54) is 0 Å². The minimum absolute atomic E-state index is 0.170. The Morgan fingerprint density at radius 2 is 1.90 bits per heavy atom. The standard InChI is InChI=1S/C23H23N3O3S/c1-29-18-7-8-20-19(14-18)17(15-24-20)13-21(23(28)26-9-11-30-12-10-26)25-22(27)16-5-3-2-4-6-16/h2-8,13-15,24H,9-12H2,1H3,(H,25,27). The highest BCUT2D eigenvalue weighted by Gasteiger charge is 2.23. The zero-order valence-corrected chi connectivity index (χ0v) is 17.5. The lowest BCUT2D eigenvalue weighted by Gasteiger charge is -2.27. The lowest BCUT2D eigenvalue weighted by molar-refractivity contribution is -0.127. The minimum atomic E-state index is -0.306. The largest absolute Gasteiger partial charge is 0.497 e. The van der Waals surface area contributed by atoms with Crippen LogP contribution in [0.5, 0.6) is 5.75 Å². The number of carbonyl (C=O) groups excluding carboxylic acids is 2. The van der Waals surface area contributed by atoms with Crippen molar-refractivity contribution in [3.8, 4) is 5.75 Å². The van der Waals surface area contributed by atoms with E-state index in [1.807, 2.05) is 42.2 Å². The molecule has 1 aromatic heterocycles. The molecule has 6 nitrogen and oxygen atoms in total. The molecule has 1 aliphatic heterocycles. The molecule has 1 aliphatic rings. The number of benzene rings is 2. The van der Waals surface area contributed by atoms with Crippen molar-refractivity contribution in [2.45, 2.75) is 0 Å². The van der Waals surface area contributed by atoms with Crippen molar-refractivity contribution in [1.82, 2.24) is 15.2 Å². The second-order valence-electron chi connectivity index (χ2n) is 6.94. The van der Waals surface area contributed by atoms with E-state index in [0.29, 0.717) is 18.7 Å². The molecule has 0 radical (unpaired) electrons. The maximum absolute atomic E-state index is 13.2. The van der Waals surface area contributed by atoms with Gasteiger partial charge in [0.15, 0.2) is 0 Å². The van der Waals surface area contributed by atoms with E-state index in [9.17, 15) is 9.59 Å². The molecule has 1 fully saturated rings. The van der Waals surface area contributed by atoms with Crippen LogP contribution < -0.4 is 10.1 Å². The molecule has 0 saturated carbocycles. The molecular weight excluding hydrogens is 398 g/mol. The van der Waals surface area contributed by atoms with Gasteiger partial charge in [-0.3, -0.25) is 9.59 Å². The number of thioether (sulfide) groups is 1. The zero-order chi connectivity index (χ0) is 20.9. The summed E-state index contributed by atoms with van der Waals surface area (Å²) in [6, 6.07) is 14.6. The second-order valence-corrected chi connectivity index (χ2v) is 8.16. The van der Waals surface area contributed by atoms with Crippen molar-refractivity contribution < 1.29 is 14.3 Å². The van der Waals surface area contributed by atoms with Gasteiger partial charge in [-0.2, -0.15) is 11.8 Å². The molecule has 2 aromatic carbocycles. The fourth-order valence-electron chi connectivity index (χ4n) is 3.40. The molecule has 0 bridgehead atoms.